The summed E-state index contributed by atoms with van der Waals surface area (Å²) in [6.07, 6.45) is 5.62. The predicted molar refractivity (Wildman–Crippen MR) is 132 cm³/mol. The molecule has 0 aromatic rings. The number of aliphatic hydroxyl groups is 3. The van der Waals surface area contributed by atoms with Gasteiger partial charge in [0, 0.05) is 13.0 Å². The Morgan fingerprint density at radius 1 is 0.971 bits per heavy atom. The molecule has 35 heavy (non-hydrogen) atoms. The van der Waals surface area contributed by atoms with E-state index in [1.807, 2.05) is 0 Å². The fourth-order valence-electron chi connectivity index (χ4n) is 9.19. The highest BCUT2D eigenvalue weighted by molar-refractivity contribution is 7.85. The van der Waals surface area contributed by atoms with Crippen molar-refractivity contribution in [1.82, 2.24) is 5.32 Å². The molecule has 202 valence electrons. The maximum Gasteiger partial charge on any atom is 0.266 e. The van der Waals surface area contributed by atoms with Gasteiger partial charge in [0.15, 0.2) is 0 Å². The fourth-order valence-corrected chi connectivity index (χ4v) is 9.55. The van der Waals surface area contributed by atoms with Crippen LogP contribution in [0.5, 0.6) is 0 Å². The Bertz CT molecular complexity index is 896. The average molecular weight is 516 g/mol. The van der Waals surface area contributed by atoms with Crippen LogP contribution in [0, 0.1) is 46.3 Å². The van der Waals surface area contributed by atoms with Crippen molar-refractivity contribution in [2.45, 2.75) is 96.9 Å². The second kappa shape index (κ2) is 9.86. The number of rotatable bonds is 7. The molecule has 11 unspecified atom stereocenters. The van der Waals surface area contributed by atoms with Crippen molar-refractivity contribution < 1.29 is 33.1 Å². The Kier molecular flexibility index (Phi) is 7.69. The topological polar surface area (TPSA) is 144 Å². The maximum absolute atomic E-state index is 12.2. The number of hydrogen-bond donors (Lipinski definition) is 5. The van der Waals surface area contributed by atoms with Gasteiger partial charge in [0.25, 0.3) is 10.1 Å². The van der Waals surface area contributed by atoms with Gasteiger partial charge in [-0.2, -0.15) is 8.42 Å². The van der Waals surface area contributed by atoms with E-state index in [-0.39, 0.29) is 35.1 Å². The minimum atomic E-state index is -4.09. The zero-order valence-corrected chi connectivity index (χ0v) is 22.2. The third-order valence-electron chi connectivity index (χ3n) is 11.1. The number of carbonyl (C=O) groups is 1. The van der Waals surface area contributed by atoms with E-state index < -0.39 is 34.2 Å². The summed E-state index contributed by atoms with van der Waals surface area (Å²) in [5.41, 5.74) is -0.474. The first kappa shape index (κ1) is 27.3. The monoisotopic (exact) mass is 515 g/mol. The van der Waals surface area contributed by atoms with Gasteiger partial charge in [-0.05, 0) is 97.7 Å². The highest BCUT2D eigenvalue weighted by atomic mass is 32.2. The summed E-state index contributed by atoms with van der Waals surface area (Å²) in [4.78, 5) is 12.2. The average Bonchev–Trinajstić information content (AvgIpc) is 3.12. The Morgan fingerprint density at radius 3 is 2.34 bits per heavy atom. The maximum atomic E-state index is 12.2. The molecule has 0 spiro atoms. The molecule has 0 aliphatic heterocycles. The normalized spacial score (nSPS) is 46.3. The number of carbonyl (C=O) groups excluding carboxylic acids is 1. The number of hydrogen-bond acceptors (Lipinski definition) is 6. The first-order chi connectivity index (χ1) is 16.3. The molecule has 4 saturated carbocycles. The predicted octanol–water partition coefficient (Wildman–Crippen LogP) is 2.37. The van der Waals surface area contributed by atoms with Gasteiger partial charge in [-0.1, -0.05) is 20.8 Å². The first-order valence-corrected chi connectivity index (χ1v) is 15.1. The fraction of sp³-hybridized carbons (Fsp3) is 0.962. The summed E-state index contributed by atoms with van der Waals surface area (Å²) in [5, 5.41) is 35.6. The number of aliphatic hydroxyl groups excluding tert-OH is 3. The van der Waals surface area contributed by atoms with Gasteiger partial charge in [0.05, 0.1) is 24.1 Å². The van der Waals surface area contributed by atoms with Crippen LogP contribution in [0.3, 0.4) is 0 Å². The third kappa shape index (κ3) is 4.92. The van der Waals surface area contributed by atoms with Crippen LogP contribution in [0.2, 0.25) is 0 Å². The lowest BCUT2D eigenvalue weighted by Gasteiger charge is -2.63. The molecule has 11 atom stereocenters. The largest absolute Gasteiger partial charge is 0.393 e. The van der Waals surface area contributed by atoms with Crippen molar-refractivity contribution in [1.29, 1.82) is 0 Å². The van der Waals surface area contributed by atoms with E-state index in [4.69, 9.17) is 4.55 Å². The Labute approximate surface area is 210 Å². The van der Waals surface area contributed by atoms with Crippen LogP contribution in [0.15, 0.2) is 0 Å². The van der Waals surface area contributed by atoms with Gasteiger partial charge in [-0.3, -0.25) is 9.35 Å². The Morgan fingerprint density at radius 2 is 1.66 bits per heavy atom. The second-order valence-electron chi connectivity index (χ2n) is 12.6. The van der Waals surface area contributed by atoms with Crippen LogP contribution in [0.1, 0.15) is 78.6 Å². The van der Waals surface area contributed by atoms with E-state index in [9.17, 15) is 28.5 Å². The summed E-state index contributed by atoms with van der Waals surface area (Å²) < 4.78 is 30.5. The zero-order valence-electron chi connectivity index (χ0n) is 21.4. The van der Waals surface area contributed by atoms with Crippen LogP contribution in [-0.4, -0.2) is 64.8 Å². The van der Waals surface area contributed by atoms with E-state index in [1.165, 1.54) is 0 Å². The lowest BCUT2D eigenvalue weighted by Crippen LogP contribution is -2.62. The molecule has 4 aliphatic carbocycles. The molecule has 4 aliphatic rings. The SMILES string of the molecule is CC(CCC(=O)NCCS(=O)(=O)O)C1CCC2C3CCC4CC(O)CC(O)C4(C)C3CC(O)C12C. The van der Waals surface area contributed by atoms with Crippen molar-refractivity contribution in [2.24, 2.45) is 46.3 Å². The van der Waals surface area contributed by atoms with Gasteiger partial charge in [-0.25, -0.2) is 0 Å². The van der Waals surface area contributed by atoms with Gasteiger partial charge >= 0.3 is 0 Å². The highest BCUT2D eigenvalue weighted by Gasteiger charge is 2.65. The lowest BCUT2D eigenvalue weighted by atomic mass is 9.43. The smallest absolute Gasteiger partial charge is 0.266 e. The number of fused-ring (bicyclic) bond motifs is 5. The minimum absolute atomic E-state index is 0.0975. The summed E-state index contributed by atoms with van der Waals surface area (Å²) in [6, 6.07) is 0. The minimum Gasteiger partial charge on any atom is -0.393 e. The summed E-state index contributed by atoms with van der Waals surface area (Å²) in [6.45, 7) is 6.51. The first-order valence-electron chi connectivity index (χ1n) is 13.5. The van der Waals surface area contributed by atoms with E-state index in [0.717, 1.165) is 32.1 Å². The summed E-state index contributed by atoms with van der Waals surface area (Å²) >= 11 is 0. The van der Waals surface area contributed by atoms with Crippen molar-refractivity contribution in [3.8, 4) is 0 Å². The molecule has 4 rings (SSSR count). The quantitative estimate of drug-likeness (QED) is 0.327. The molecular weight excluding hydrogens is 470 g/mol. The van der Waals surface area contributed by atoms with E-state index in [2.05, 4.69) is 26.1 Å². The molecule has 9 heteroatoms. The van der Waals surface area contributed by atoms with Crippen LogP contribution in [0.4, 0.5) is 0 Å². The van der Waals surface area contributed by atoms with Gasteiger partial charge in [0.1, 0.15) is 0 Å². The molecule has 1 amide bonds. The van der Waals surface area contributed by atoms with Crippen molar-refractivity contribution >= 4 is 16.0 Å². The molecule has 0 saturated heterocycles. The molecule has 0 bridgehead atoms. The molecule has 5 N–H and O–H groups in total. The molecule has 0 radical (unpaired) electrons. The molecule has 4 fully saturated rings. The molecular formula is C26H45NO7S. The molecule has 0 heterocycles. The Hall–Kier alpha value is -0.740. The number of amides is 1. The Balaban J connectivity index is 1.42. The molecule has 8 nitrogen and oxygen atoms in total. The van der Waals surface area contributed by atoms with E-state index >= 15 is 0 Å². The van der Waals surface area contributed by atoms with Crippen molar-refractivity contribution in [3.05, 3.63) is 0 Å². The van der Waals surface area contributed by atoms with Gasteiger partial charge in [-0.15, -0.1) is 0 Å². The van der Waals surface area contributed by atoms with E-state index in [1.54, 1.807) is 0 Å². The molecule has 0 aromatic heterocycles. The van der Waals surface area contributed by atoms with E-state index in [0.29, 0.717) is 49.4 Å². The van der Waals surface area contributed by atoms with Crippen LogP contribution >= 0.6 is 0 Å². The number of nitrogens with one attached hydrogen (secondary N) is 1. The lowest BCUT2D eigenvalue weighted by molar-refractivity contribution is -0.207. The van der Waals surface area contributed by atoms with Crippen LogP contribution < -0.4 is 5.32 Å². The second-order valence-corrected chi connectivity index (χ2v) is 14.2. The summed E-state index contributed by atoms with van der Waals surface area (Å²) in [5.74, 6) is 1.26. The molecule has 0 aromatic carbocycles. The third-order valence-corrected chi connectivity index (χ3v) is 11.8. The van der Waals surface area contributed by atoms with Crippen molar-refractivity contribution in [3.63, 3.8) is 0 Å². The van der Waals surface area contributed by atoms with Crippen LogP contribution in [0.25, 0.3) is 0 Å². The standard InChI is InChI=1S/C26H45NO7S/c1-15(4-9-24(31)27-10-11-35(32,33)34)19-7-8-20-18-6-5-16-12-17(28)13-22(29)25(16,2)21(18)14-23(30)26(19,20)3/h15-23,28-30H,4-14H2,1-3H3,(H,27,31)(H,32,33,34). The van der Waals surface area contributed by atoms with Gasteiger partial charge in [0.2, 0.25) is 5.91 Å². The summed E-state index contributed by atoms with van der Waals surface area (Å²) in [7, 11) is -4.09. The van der Waals surface area contributed by atoms with Crippen LogP contribution in [-0.2, 0) is 14.9 Å². The van der Waals surface area contributed by atoms with Gasteiger partial charge < -0.3 is 20.6 Å². The highest BCUT2D eigenvalue weighted by Crippen LogP contribution is 2.68. The van der Waals surface area contributed by atoms with Crippen molar-refractivity contribution in [2.75, 3.05) is 12.3 Å². The zero-order chi connectivity index (χ0) is 25.8.